The number of urea groups is 1. The highest BCUT2D eigenvalue weighted by Gasteiger charge is 2.16. The van der Waals surface area contributed by atoms with E-state index in [0.717, 1.165) is 0 Å². The quantitative estimate of drug-likeness (QED) is 0.518. The van der Waals surface area contributed by atoms with Crippen LogP contribution in [0.1, 0.15) is 13.8 Å². The SMILES string of the molecule is CC(C)(C#N)NC(N)=O. The summed E-state index contributed by atoms with van der Waals surface area (Å²) in [5, 5.41) is 10.6. The molecule has 0 bridgehead atoms. The molecule has 0 saturated carbocycles. The molecule has 0 aliphatic carbocycles. The smallest absolute Gasteiger partial charge is 0.313 e. The van der Waals surface area contributed by atoms with Crippen LogP contribution in [0.15, 0.2) is 0 Å². The topological polar surface area (TPSA) is 78.9 Å². The van der Waals surface area contributed by atoms with Crippen LogP contribution in [-0.2, 0) is 0 Å². The zero-order valence-electron chi connectivity index (χ0n) is 5.43. The molecule has 0 atom stereocenters. The monoisotopic (exact) mass is 127 g/mol. The Morgan fingerprint density at radius 1 is 1.78 bits per heavy atom. The summed E-state index contributed by atoms with van der Waals surface area (Å²) in [6, 6.07) is 1.18. The number of carbonyl (C=O) groups is 1. The first-order valence-corrected chi connectivity index (χ1v) is 2.47. The van der Waals surface area contributed by atoms with Crippen molar-refractivity contribution in [1.82, 2.24) is 5.32 Å². The van der Waals surface area contributed by atoms with Crippen molar-refractivity contribution in [2.24, 2.45) is 5.73 Å². The van der Waals surface area contributed by atoms with Crippen molar-refractivity contribution in [3.05, 3.63) is 0 Å². The Hall–Kier alpha value is -1.24. The second-order valence-corrected chi connectivity index (χ2v) is 2.23. The Morgan fingerprint density at radius 2 is 2.22 bits per heavy atom. The molecule has 0 aliphatic rings. The third kappa shape index (κ3) is 3.35. The molecule has 0 fully saturated rings. The molecular formula is C5H9N3O. The van der Waals surface area contributed by atoms with E-state index in [1.165, 1.54) is 0 Å². The van der Waals surface area contributed by atoms with Crippen LogP contribution in [0.5, 0.6) is 0 Å². The highest BCUT2D eigenvalue weighted by Crippen LogP contribution is 1.96. The summed E-state index contributed by atoms with van der Waals surface area (Å²) in [7, 11) is 0. The Labute approximate surface area is 53.6 Å². The predicted octanol–water partition coefficient (Wildman–Crippen LogP) is -0.0431. The van der Waals surface area contributed by atoms with Crippen LogP contribution in [0.2, 0.25) is 0 Å². The van der Waals surface area contributed by atoms with Crippen molar-refractivity contribution in [3.8, 4) is 6.07 Å². The van der Waals surface area contributed by atoms with Crippen LogP contribution in [0.3, 0.4) is 0 Å². The van der Waals surface area contributed by atoms with Gasteiger partial charge in [0.2, 0.25) is 0 Å². The van der Waals surface area contributed by atoms with Gasteiger partial charge < -0.3 is 11.1 Å². The first-order valence-electron chi connectivity index (χ1n) is 2.47. The van der Waals surface area contributed by atoms with Gasteiger partial charge in [0, 0.05) is 0 Å². The van der Waals surface area contributed by atoms with Crippen LogP contribution >= 0.6 is 0 Å². The first kappa shape index (κ1) is 7.76. The molecule has 0 aromatic heterocycles. The lowest BCUT2D eigenvalue weighted by Gasteiger charge is -2.14. The molecule has 0 rings (SSSR count). The van der Waals surface area contributed by atoms with Crippen LogP contribution in [-0.4, -0.2) is 11.6 Å². The average molecular weight is 127 g/mol. The van der Waals surface area contributed by atoms with Crippen LogP contribution in [0, 0.1) is 11.3 Å². The lowest BCUT2D eigenvalue weighted by atomic mass is 10.1. The fourth-order valence-electron chi connectivity index (χ4n) is 0.336. The maximum Gasteiger partial charge on any atom is 0.313 e. The van der Waals surface area contributed by atoms with Crippen molar-refractivity contribution in [2.75, 3.05) is 0 Å². The molecule has 0 heterocycles. The Bertz CT molecular complexity index is 156. The Morgan fingerprint density at radius 3 is 2.33 bits per heavy atom. The minimum Gasteiger partial charge on any atom is -0.352 e. The van der Waals surface area contributed by atoms with E-state index in [9.17, 15) is 4.79 Å². The van der Waals surface area contributed by atoms with Gasteiger partial charge in [-0.1, -0.05) is 0 Å². The molecule has 4 nitrogen and oxygen atoms in total. The van der Waals surface area contributed by atoms with Gasteiger partial charge >= 0.3 is 6.03 Å². The van der Waals surface area contributed by atoms with E-state index in [4.69, 9.17) is 11.0 Å². The molecule has 0 unspecified atom stereocenters. The number of primary amides is 1. The van der Waals surface area contributed by atoms with Gasteiger partial charge in [0.05, 0.1) is 6.07 Å². The van der Waals surface area contributed by atoms with Crippen molar-refractivity contribution < 1.29 is 4.79 Å². The number of nitrogens with one attached hydrogen (secondary N) is 1. The van der Waals surface area contributed by atoms with Gasteiger partial charge in [-0.15, -0.1) is 0 Å². The summed E-state index contributed by atoms with van der Waals surface area (Å²) in [6.45, 7) is 3.13. The number of hydrogen-bond acceptors (Lipinski definition) is 2. The fraction of sp³-hybridized carbons (Fsp3) is 0.600. The van der Waals surface area contributed by atoms with Crippen molar-refractivity contribution >= 4 is 6.03 Å². The van der Waals surface area contributed by atoms with Crippen LogP contribution in [0.25, 0.3) is 0 Å². The molecule has 50 valence electrons. The zero-order chi connectivity index (χ0) is 7.49. The standard InChI is InChI=1S/C5H9N3O/c1-5(2,3-6)8-4(7)9/h1-2H3,(H3,7,8,9). The molecule has 0 spiro atoms. The highest BCUT2D eigenvalue weighted by atomic mass is 16.2. The molecule has 0 aromatic rings. The van der Waals surface area contributed by atoms with Crippen LogP contribution in [0.4, 0.5) is 4.79 Å². The summed E-state index contributed by atoms with van der Waals surface area (Å²) < 4.78 is 0. The van der Waals surface area contributed by atoms with E-state index >= 15 is 0 Å². The van der Waals surface area contributed by atoms with E-state index in [-0.39, 0.29) is 0 Å². The summed E-state index contributed by atoms with van der Waals surface area (Å²) in [6.07, 6.45) is 0. The normalized spacial score (nSPS) is 9.89. The number of nitrogens with two attached hydrogens (primary N) is 1. The Kier molecular flexibility index (Phi) is 2.03. The molecule has 2 amide bonds. The number of nitrogens with zero attached hydrogens (tertiary/aromatic N) is 1. The summed E-state index contributed by atoms with van der Waals surface area (Å²) in [4.78, 5) is 10.1. The van der Waals surface area contributed by atoms with E-state index in [1.54, 1.807) is 13.8 Å². The number of rotatable bonds is 1. The molecular weight excluding hydrogens is 118 g/mol. The van der Waals surface area contributed by atoms with E-state index < -0.39 is 11.6 Å². The molecule has 0 radical (unpaired) electrons. The average Bonchev–Trinajstić information content (AvgIpc) is 1.63. The Balaban J connectivity index is 3.91. The fourth-order valence-corrected chi connectivity index (χ4v) is 0.336. The van der Waals surface area contributed by atoms with Gasteiger partial charge in [-0.2, -0.15) is 5.26 Å². The minimum atomic E-state index is -0.855. The maximum absolute atomic E-state index is 10.1. The van der Waals surface area contributed by atoms with Gasteiger partial charge in [0.1, 0.15) is 5.54 Å². The van der Waals surface area contributed by atoms with E-state index in [1.807, 2.05) is 6.07 Å². The second-order valence-electron chi connectivity index (χ2n) is 2.23. The molecule has 0 aromatic carbocycles. The van der Waals surface area contributed by atoms with Gasteiger partial charge in [-0.3, -0.25) is 0 Å². The predicted molar refractivity (Wildman–Crippen MR) is 32.4 cm³/mol. The lowest BCUT2D eigenvalue weighted by molar-refractivity contribution is 0.243. The van der Waals surface area contributed by atoms with Crippen LogP contribution < -0.4 is 11.1 Å². The third-order valence-electron chi connectivity index (χ3n) is 0.715. The first-order chi connectivity index (χ1) is 3.98. The second kappa shape index (κ2) is 2.35. The van der Waals surface area contributed by atoms with Gasteiger partial charge in [0.15, 0.2) is 0 Å². The van der Waals surface area contributed by atoms with Gasteiger partial charge in [0.25, 0.3) is 0 Å². The summed E-state index contributed by atoms with van der Waals surface area (Å²) >= 11 is 0. The van der Waals surface area contributed by atoms with Crippen molar-refractivity contribution in [1.29, 1.82) is 5.26 Å². The van der Waals surface area contributed by atoms with Crippen molar-refractivity contribution in [3.63, 3.8) is 0 Å². The number of hydrogen-bond donors (Lipinski definition) is 2. The molecule has 3 N–H and O–H groups in total. The summed E-state index contributed by atoms with van der Waals surface area (Å²) in [5.74, 6) is 0. The number of nitriles is 1. The number of amides is 2. The molecule has 0 saturated heterocycles. The van der Waals surface area contributed by atoms with Gasteiger partial charge in [-0.25, -0.2) is 4.79 Å². The molecule has 4 heteroatoms. The maximum atomic E-state index is 10.1. The largest absolute Gasteiger partial charge is 0.352 e. The van der Waals surface area contributed by atoms with Crippen molar-refractivity contribution in [2.45, 2.75) is 19.4 Å². The minimum absolute atomic E-state index is 0.679. The third-order valence-corrected chi connectivity index (χ3v) is 0.715. The van der Waals surface area contributed by atoms with E-state index in [0.29, 0.717) is 0 Å². The highest BCUT2D eigenvalue weighted by molar-refractivity contribution is 5.72. The number of carbonyl (C=O) groups excluding carboxylic acids is 1. The molecule has 9 heavy (non-hydrogen) atoms. The zero-order valence-corrected chi connectivity index (χ0v) is 5.43. The van der Waals surface area contributed by atoms with Gasteiger partial charge in [-0.05, 0) is 13.8 Å². The summed E-state index contributed by atoms with van der Waals surface area (Å²) in [5.41, 5.74) is 3.90. The van der Waals surface area contributed by atoms with E-state index in [2.05, 4.69) is 5.32 Å². The molecule has 0 aliphatic heterocycles. The lowest BCUT2D eigenvalue weighted by Crippen LogP contribution is -2.44.